The molecule has 0 spiro atoms. The van der Waals surface area contributed by atoms with Crippen LogP contribution in [0.3, 0.4) is 0 Å². The molecule has 94 valence electrons. The van der Waals surface area contributed by atoms with E-state index < -0.39 is 0 Å². The first-order valence-electron chi connectivity index (χ1n) is 5.96. The smallest absolute Gasteiger partial charge is 0.430 e. The molecule has 1 atom stereocenters. The van der Waals surface area contributed by atoms with Gasteiger partial charge in [-0.15, -0.1) is 0 Å². The van der Waals surface area contributed by atoms with E-state index >= 15 is 0 Å². The van der Waals surface area contributed by atoms with Crippen molar-refractivity contribution in [2.75, 3.05) is 13.7 Å². The first-order valence-corrected chi connectivity index (χ1v) is 5.96. The van der Waals surface area contributed by atoms with E-state index in [-0.39, 0.29) is 12.1 Å². The number of cyclic esters (lactones) is 1. The van der Waals surface area contributed by atoms with Crippen LogP contribution in [0.5, 0.6) is 5.75 Å². The molecule has 2 aliphatic rings. The van der Waals surface area contributed by atoms with Crippen LogP contribution in [0.2, 0.25) is 0 Å². The Labute approximate surface area is 105 Å². The number of hydrogen-bond donors (Lipinski definition) is 0. The summed E-state index contributed by atoms with van der Waals surface area (Å²) >= 11 is 0. The Balaban J connectivity index is 1.87. The number of amides is 1. The lowest BCUT2D eigenvalue weighted by atomic mass is 10.0. The van der Waals surface area contributed by atoms with Gasteiger partial charge in [0.05, 0.1) is 18.9 Å². The number of carbonyl (C=O) groups excluding carboxylic acids is 1. The second kappa shape index (κ2) is 4.33. The van der Waals surface area contributed by atoms with Gasteiger partial charge in [-0.3, -0.25) is 0 Å². The van der Waals surface area contributed by atoms with Gasteiger partial charge in [0, 0.05) is 0 Å². The Kier molecular flexibility index (Phi) is 2.66. The lowest BCUT2D eigenvalue weighted by molar-refractivity contribution is 0.158. The molecule has 0 saturated carbocycles. The van der Waals surface area contributed by atoms with Crippen LogP contribution in [0.15, 0.2) is 29.4 Å². The molecule has 5 nitrogen and oxygen atoms in total. The average molecular weight is 246 g/mol. The number of nitrogens with zero attached hydrogens (tertiary/aromatic N) is 2. The van der Waals surface area contributed by atoms with Gasteiger partial charge in [0.1, 0.15) is 12.4 Å². The van der Waals surface area contributed by atoms with Crippen LogP contribution in [-0.2, 0) is 4.74 Å². The van der Waals surface area contributed by atoms with Crippen LogP contribution < -0.4 is 4.74 Å². The van der Waals surface area contributed by atoms with Crippen molar-refractivity contribution in [1.29, 1.82) is 0 Å². The lowest BCUT2D eigenvalue weighted by Crippen LogP contribution is -2.34. The topological polar surface area (TPSA) is 51.1 Å². The fourth-order valence-electron chi connectivity index (χ4n) is 2.25. The highest BCUT2D eigenvalue weighted by molar-refractivity contribution is 6.01. The van der Waals surface area contributed by atoms with Gasteiger partial charge in [0.2, 0.25) is 0 Å². The highest BCUT2D eigenvalue weighted by atomic mass is 16.6. The molecule has 0 aliphatic carbocycles. The minimum atomic E-state index is -0.342. The predicted molar refractivity (Wildman–Crippen MR) is 65.7 cm³/mol. The largest absolute Gasteiger partial charge is 0.497 e. The summed E-state index contributed by atoms with van der Waals surface area (Å²) in [5, 5.41) is 5.85. The van der Waals surface area contributed by atoms with Crippen molar-refractivity contribution < 1.29 is 14.3 Å². The van der Waals surface area contributed by atoms with Gasteiger partial charge < -0.3 is 9.47 Å². The van der Waals surface area contributed by atoms with Crippen molar-refractivity contribution >= 4 is 11.8 Å². The SMILES string of the molecule is COc1ccc(C2=NN3C(=O)OCC3CC2)cc1. The minimum Gasteiger partial charge on any atom is -0.497 e. The Bertz CT molecular complexity index is 495. The van der Waals surface area contributed by atoms with Gasteiger partial charge in [0.15, 0.2) is 0 Å². The van der Waals surface area contributed by atoms with E-state index in [1.54, 1.807) is 7.11 Å². The molecule has 0 radical (unpaired) electrons. The highest BCUT2D eigenvalue weighted by Gasteiger charge is 2.36. The van der Waals surface area contributed by atoms with Gasteiger partial charge in [-0.05, 0) is 42.7 Å². The van der Waals surface area contributed by atoms with Crippen molar-refractivity contribution in [1.82, 2.24) is 5.01 Å². The van der Waals surface area contributed by atoms with Crippen LogP contribution in [0, 0.1) is 0 Å². The molecular formula is C13H14N2O3. The molecule has 1 amide bonds. The molecule has 1 saturated heterocycles. The molecule has 1 unspecified atom stereocenters. The van der Waals surface area contributed by atoms with E-state index in [0.29, 0.717) is 6.61 Å². The molecule has 5 heteroatoms. The number of hydrazone groups is 1. The fraction of sp³-hybridized carbons (Fsp3) is 0.385. The highest BCUT2D eigenvalue weighted by Crippen LogP contribution is 2.25. The number of ether oxygens (including phenoxy) is 2. The van der Waals surface area contributed by atoms with Crippen LogP contribution in [0.25, 0.3) is 0 Å². The molecule has 2 aliphatic heterocycles. The standard InChI is InChI=1S/C13H14N2O3/c1-17-11-5-2-9(3-6-11)12-7-4-10-8-18-13(16)15(10)14-12/h2-3,5-6,10H,4,7-8H2,1H3. The van der Waals surface area contributed by atoms with Gasteiger partial charge in [-0.1, -0.05) is 0 Å². The van der Waals surface area contributed by atoms with E-state index in [1.807, 2.05) is 24.3 Å². The second-order valence-electron chi connectivity index (χ2n) is 4.39. The van der Waals surface area contributed by atoms with E-state index in [2.05, 4.69) is 5.10 Å². The summed E-state index contributed by atoms with van der Waals surface area (Å²) in [7, 11) is 1.64. The molecule has 0 N–H and O–H groups in total. The first-order chi connectivity index (χ1) is 8.78. The third kappa shape index (κ3) is 1.81. The van der Waals surface area contributed by atoms with Crippen LogP contribution in [-0.4, -0.2) is 36.6 Å². The normalized spacial score (nSPS) is 22.3. The number of methoxy groups -OCH3 is 1. The van der Waals surface area contributed by atoms with Crippen molar-refractivity contribution in [3.63, 3.8) is 0 Å². The molecule has 1 aromatic carbocycles. The summed E-state index contributed by atoms with van der Waals surface area (Å²) in [6.07, 6.45) is 1.42. The Morgan fingerprint density at radius 1 is 1.39 bits per heavy atom. The molecule has 0 aromatic heterocycles. The predicted octanol–water partition coefficient (Wildman–Crippen LogP) is 2.01. The molecule has 2 heterocycles. The number of fused-ring (bicyclic) bond motifs is 1. The Morgan fingerprint density at radius 3 is 2.89 bits per heavy atom. The van der Waals surface area contributed by atoms with E-state index in [0.717, 1.165) is 29.9 Å². The van der Waals surface area contributed by atoms with Gasteiger partial charge >= 0.3 is 6.09 Å². The number of carbonyl (C=O) groups is 1. The Morgan fingerprint density at radius 2 is 2.17 bits per heavy atom. The third-order valence-electron chi connectivity index (χ3n) is 3.30. The monoisotopic (exact) mass is 246 g/mol. The molecule has 18 heavy (non-hydrogen) atoms. The molecule has 1 aromatic rings. The zero-order chi connectivity index (χ0) is 12.5. The van der Waals surface area contributed by atoms with Crippen molar-refractivity contribution in [3.05, 3.63) is 29.8 Å². The van der Waals surface area contributed by atoms with Crippen molar-refractivity contribution in [3.8, 4) is 5.75 Å². The summed E-state index contributed by atoms with van der Waals surface area (Å²) < 4.78 is 10.1. The van der Waals surface area contributed by atoms with Crippen molar-refractivity contribution in [2.24, 2.45) is 5.10 Å². The van der Waals surface area contributed by atoms with Gasteiger partial charge in [-0.2, -0.15) is 10.1 Å². The summed E-state index contributed by atoms with van der Waals surface area (Å²) in [5.41, 5.74) is 1.95. The van der Waals surface area contributed by atoms with E-state index in [9.17, 15) is 4.79 Å². The lowest BCUT2D eigenvalue weighted by Gasteiger charge is -2.23. The summed E-state index contributed by atoms with van der Waals surface area (Å²) in [6.45, 7) is 0.457. The number of rotatable bonds is 2. The zero-order valence-electron chi connectivity index (χ0n) is 10.1. The molecular weight excluding hydrogens is 232 g/mol. The fourth-order valence-corrected chi connectivity index (χ4v) is 2.25. The maximum Gasteiger partial charge on any atom is 0.430 e. The minimum absolute atomic E-state index is 0.111. The summed E-state index contributed by atoms with van der Waals surface area (Å²) in [4.78, 5) is 11.5. The molecule has 0 bridgehead atoms. The van der Waals surface area contributed by atoms with Gasteiger partial charge in [0.25, 0.3) is 0 Å². The average Bonchev–Trinajstić information content (AvgIpc) is 2.80. The quantitative estimate of drug-likeness (QED) is 0.802. The maximum absolute atomic E-state index is 11.5. The van der Waals surface area contributed by atoms with Crippen LogP contribution in [0.4, 0.5) is 4.79 Å². The number of benzene rings is 1. The van der Waals surface area contributed by atoms with Gasteiger partial charge in [-0.25, -0.2) is 4.79 Å². The number of hydrogen-bond acceptors (Lipinski definition) is 4. The third-order valence-corrected chi connectivity index (χ3v) is 3.30. The second-order valence-corrected chi connectivity index (χ2v) is 4.39. The van der Waals surface area contributed by atoms with Crippen molar-refractivity contribution in [2.45, 2.75) is 18.9 Å². The molecule has 3 rings (SSSR count). The summed E-state index contributed by atoms with van der Waals surface area (Å²) in [5.74, 6) is 0.814. The van der Waals surface area contributed by atoms with E-state index in [1.165, 1.54) is 5.01 Å². The van der Waals surface area contributed by atoms with E-state index in [4.69, 9.17) is 9.47 Å². The maximum atomic E-state index is 11.5. The zero-order valence-corrected chi connectivity index (χ0v) is 10.1. The Hall–Kier alpha value is -2.04. The van der Waals surface area contributed by atoms with Crippen LogP contribution >= 0.6 is 0 Å². The molecule has 1 fully saturated rings. The summed E-state index contributed by atoms with van der Waals surface area (Å²) in [6, 6.07) is 7.82. The first kappa shape index (κ1) is 11.1. The van der Waals surface area contributed by atoms with Crippen LogP contribution in [0.1, 0.15) is 18.4 Å².